The first-order chi connectivity index (χ1) is 5.04. The van der Waals surface area contributed by atoms with Crippen LogP contribution in [0.4, 0.5) is 0 Å². The Morgan fingerprint density at radius 3 is 2.09 bits per heavy atom. The zero-order valence-corrected chi connectivity index (χ0v) is 8.39. The van der Waals surface area contributed by atoms with Crippen molar-refractivity contribution in [2.45, 2.75) is 34.6 Å². The van der Waals surface area contributed by atoms with Crippen LogP contribution in [-0.4, -0.2) is 0 Å². The van der Waals surface area contributed by atoms with Gasteiger partial charge in [-0.2, -0.15) is 0 Å². The van der Waals surface area contributed by atoms with Crippen molar-refractivity contribution < 1.29 is 0 Å². The fraction of sp³-hybridized carbons (Fsp3) is 0.818. The van der Waals surface area contributed by atoms with Crippen molar-refractivity contribution >= 4 is 0 Å². The molecule has 4 unspecified atom stereocenters. The molecular formula is C11H20. The van der Waals surface area contributed by atoms with E-state index >= 15 is 0 Å². The van der Waals surface area contributed by atoms with Gasteiger partial charge in [0.15, 0.2) is 0 Å². The lowest BCUT2D eigenvalue weighted by Crippen LogP contribution is -2.26. The molecule has 0 aromatic heterocycles. The molecule has 0 bridgehead atoms. The third-order valence-corrected chi connectivity index (χ3v) is 3.69. The van der Waals surface area contributed by atoms with E-state index in [4.69, 9.17) is 0 Å². The summed E-state index contributed by atoms with van der Waals surface area (Å²) in [4.78, 5) is 0. The van der Waals surface area contributed by atoms with Crippen molar-refractivity contribution in [2.75, 3.05) is 0 Å². The topological polar surface area (TPSA) is 0 Å². The Balaban J connectivity index is 2.83. The first-order valence-electron chi connectivity index (χ1n) is 4.72. The molecule has 0 nitrogen and oxygen atoms in total. The minimum Gasteiger partial charge on any atom is -0.0822 e. The van der Waals surface area contributed by atoms with Gasteiger partial charge in [-0.25, -0.2) is 0 Å². The quantitative estimate of drug-likeness (QED) is 0.466. The van der Waals surface area contributed by atoms with Crippen LogP contribution in [0.3, 0.4) is 0 Å². The van der Waals surface area contributed by atoms with Crippen LogP contribution in [0.25, 0.3) is 0 Å². The van der Waals surface area contributed by atoms with Gasteiger partial charge in [0.1, 0.15) is 0 Å². The molecule has 0 aromatic rings. The maximum absolute atomic E-state index is 2.44. The molecular weight excluding hydrogens is 132 g/mol. The largest absolute Gasteiger partial charge is 0.0822 e. The fourth-order valence-corrected chi connectivity index (χ4v) is 2.07. The number of rotatable bonds is 0. The van der Waals surface area contributed by atoms with Crippen LogP contribution < -0.4 is 0 Å². The molecule has 0 heteroatoms. The molecule has 0 heterocycles. The molecule has 11 heavy (non-hydrogen) atoms. The van der Waals surface area contributed by atoms with Gasteiger partial charge < -0.3 is 0 Å². The Labute approximate surface area is 70.7 Å². The number of hydrogen-bond acceptors (Lipinski definition) is 0. The normalized spacial score (nSPS) is 45.4. The molecule has 0 saturated carbocycles. The Bertz CT molecular complexity index is 167. The van der Waals surface area contributed by atoms with Crippen LogP contribution in [-0.2, 0) is 0 Å². The zero-order chi connectivity index (χ0) is 8.59. The monoisotopic (exact) mass is 152 g/mol. The molecule has 0 radical (unpaired) electrons. The van der Waals surface area contributed by atoms with E-state index in [0.29, 0.717) is 0 Å². The molecule has 0 amide bonds. The van der Waals surface area contributed by atoms with Crippen molar-refractivity contribution in [2.24, 2.45) is 23.7 Å². The van der Waals surface area contributed by atoms with Gasteiger partial charge in [0, 0.05) is 0 Å². The van der Waals surface area contributed by atoms with Gasteiger partial charge in [-0.15, -0.1) is 0 Å². The van der Waals surface area contributed by atoms with Crippen LogP contribution in [0.1, 0.15) is 34.6 Å². The van der Waals surface area contributed by atoms with Gasteiger partial charge >= 0.3 is 0 Å². The third kappa shape index (κ3) is 1.50. The van der Waals surface area contributed by atoms with Crippen molar-refractivity contribution in [3.05, 3.63) is 11.6 Å². The number of allylic oxidation sites excluding steroid dienone is 2. The molecule has 0 aromatic carbocycles. The second-order valence-electron chi connectivity index (χ2n) is 4.28. The lowest BCUT2D eigenvalue weighted by atomic mass is 9.70. The molecule has 0 aliphatic heterocycles. The molecule has 0 fully saturated rings. The smallest absolute Gasteiger partial charge is 0.0206 e. The standard InChI is InChI=1S/C11H20/c1-7-6-8(2)10(4)11(5)9(7)3/h6-7,9-11H,1-5H3. The first kappa shape index (κ1) is 8.83. The van der Waals surface area contributed by atoms with E-state index in [9.17, 15) is 0 Å². The van der Waals surface area contributed by atoms with Crippen molar-refractivity contribution in [3.63, 3.8) is 0 Å². The lowest BCUT2D eigenvalue weighted by Gasteiger charge is -2.35. The van der Waals surface area contributed by atoms with Crippen LogP contribution in [0.15, 0.2) is 11.6 Å². The van der Waals surface area contributed by atoms with Crippen LogP contribution in [0.2, 0.25) is 0 Å². The van der Waals surface area contributed by atoms with Gasteiger partial charge in [0.05, 0.1) is 0 Å². The third-order valence-electron chi connectivity index (χ3n) is 3.69. The SMILES string of the molecule is CC1=CC(C)C(C)C(C)C1C. The highest BCUT2D eigenvalue weighted by Crippen LogP contribution is 2.36. The highest BCUT2D eigenvalue weighted by molar-refractivity contribution is 5.11. The van der Waals surface area contributed by atoms with E-state index < -0.39 is 0 Å². The predicted octanol–water partition coefficient (Wildman–Crippen LogP) is 3.49. The minimum atomic E-state index is 0.779. The van der Waals surface area contributed by atoms with Gasteiger partial charge in [-0.1, -0.05) is 39.3 Å². The van der Waals surface area contributed by atoms with E-state index in [2.05, 4.69) is 40.7 Å². The summed E-state index contributed by atoms with van der Waals surface area (Å²) in [7, 11) is 0. The van der Waals surface area contributed by atoms with E-state index in [0.717, 1.165) is 23.7 Å². The fourth-order valence-electron chi connectivity index (χ4n) is 2.07. The summed E-state index contributed by atoms with van der Waals surface area (Å²) in [6.07, 6.45) is 2.44. The molecule has 64 valence electrons. The Kier molecular flexibility index (Phi) is 2.41. The highest BCUT2D eigenvalue weighted by atomic mass is 14.3. The van der Waals surface area contributed by atoms with Crippen molar-refractivity contribution in [1.82, 2.24) is 0 Å². The second kappa shape index (κ2) is 3.00. The van der Waals surface area contributed by atoms with Gasteiger partial charge in [-0.05, 0) is 30.6 Å². The minimum absolute atomic E-state index is 0.779. The lowest BCUT2D eigenvalue weighted by molar-refractivity contribution is 0.239. The summed E-state index contributed by atoms with van der Waals surface area (Å²) in [5, 5.41) is 0. The summed E-state index contributed by atoms with van der Waals surface area (Å²) in [5.41, 5.74) is 1.59. The van der Waals surface area contributed by atoms with Crippen molar-refractivity contribution in [3.8, 4) is 0 Å². The average Bonchev–Trinajstić information content (AvgIpc) is 1.97. The van der Waals surface area contributed by atoms with E-state index in [1.165, 1.54) is 0 Å². The summed E-state index contributed by atoms with van der Waals surface area (Å²) >= 11 is 0. The molecule has 0 N–H and O–H groups in total. The summed E-state index contributed by atoms with van der Waals surface area (Å²) < 4.78 is 0. The maximum atomic E-state index is 2.44. The summed E-state index contributed by atoms with van der Waals surface area (Å²) in [6.45, 7) is 11.7. The summed E-state index contributed by atoms with van der Waals surface area (Å²) in [6, 6.07) is 0. The van der Waals surface area contributed by atoms with Crippen LogP contribution >= 0.6 is 0 Å². The Morgan fingerprint density at radius 1 is 1.00 bits per heavy atom. The molecule has 1 aliphatic carbocycles. The maximum Gasteiger partial charge on any atom is -0.0206 e. The first-order valence-corrected chi connectivity index (χ1v) is 4.72. The zero-order valence-electron chi connectivity index (χ0n) is 8.39. The van der Waals surface area contributed by atoms with Crippen molar-refractivity contribution in [1.29, 1.82) is 0 Å². The van der Waals surface area contributed by atoms with E-state index in [1.54, 1.807) is 5.57 Å². The molecule has 0 spiro atoms. The second-order valence-corrected chi connectivity index (χ2v) is 4.28. The Hall–Kier alpha value is -0.260. The molecule has 4 atom stereocenters. The predicted molar refractivity (Wildman–Crippen MR) is 50.4 cm³/mol. The van der Waals surface area contributed by atoms with Crippen LogP contribution in [0, 0.1) is 23.7 Å². The van der Waals surface area contributed by atoms with Gasteiger partial charge in [0.2, 0.25) is 0 Å². The van der Waals surface area contributed by atoms with E-state index in [-0.39, 0.29) is 0 Å². The highest BCUT2D eigenvalue weighted by Gasteiger charge is 2.27. The number of hydrogen-bond donors (Lipinski definition) is 0. The van der Waals surface area contributed by atoms with Gasteiger partial charge in [0.25, 0.3) is 0 Å². The Morgan fingerprint density at radius 2 is 1.55 bits per heavy atom. The molecule has 1 aliphatic rings. The molecule has 1 rings (SSSR count). The summed E-state index contributed by atoms with van der Waals surface area (Å²) in [5.74, 6) is 3.28. The van der Waals surface area contributed by atoms with E-state index in [1.807, 2.05) is 0 Å². The average molecular weight is 152 g/mol. The van der Waals surface area contributed by atoms with Gasteiger partial charge in [-0.3, -0.25) is 0 Å². The van der Waals surface area contributed by atoms with Crippen LogP contribution in [0.5, 0.6) is 0 Å². The molecule has 0 saturated heterocycles.